The molecule has 0 amide bonds. The number of rotatable bonds is 40. The van der Waals surface area contributed by atoms with E-state index < -0.39 is 18.1 Å². The highest BCUT2D eigenvalue weighted by Crippen LogP contribution is 2.13. The third-order valence-corrected chi connectivity index (χ3v) is 10.00. The average Bonchev–Trinajstić information content (AvgIpc) is 3.14. The Morgan fingerprint density at radius 3 is 1.47 bits per heavy atom. The van der Waals surface area contributed by atoms with E-state index in [2.05, 4.69) is 50.3 Å². The Labute approximate surface area is 338 Å². The molecule has 0 N–H and O–H groups in total. The van der Waals surface area contributed by atoms with Crippen molar-refractivity contribution in [2.75, 3.05) is 41.0 Å². The molecule has 8 nitrogen and oxygen atoms in total. The van der Waals surface area contributed by atoms with E-state index in [9.17, 15) is 19.5 Å². The molecule has 0 aliphatic heterocycles. The minimum absolute atomic E-state index is 0.0332. The number of nitrogens with zero attached hydrogens (tertiary/aromatic N) is 1. The molecule has 0 fully saturated rings. The molecule has 0 bridgehead atoms. The lowest BCUT2D eigenvalue weighted by Crippen LogP contribution is -2.55. The topological polar surface area (TPSA) is 102 Å². The van der Waals surface area contributed by atoms with Gasteiger partial charge in [-0.3, -0.25) is 9.59 Å². The molecule has 2 unspecified atom stereocenters. The number of ether oxygens (including phenoxy) is 3. The lowest BCUT2D eigenvalue weighted by Gasteiger charge is -2.34. The van der Waals surface area contributed by atoms with Crippen molar-refractivity contribution < 1.29 is 38.2 Å². The predicted octanol–water partition coefficient (Wildman–Crippen LogP) is 10.9. The van der Waals surface area contributed by atoms with Gasteiger partial charge in [0.1, 0.15) is 12.6 Å². The van der Waals surface area contributed by atoms with Gasteiger partial charge in [-0.1, -0.05) is 140 Å². The van der Waals surface area contributed by atoms with Gasteiger partial charge in [-0.15, -0.1) is 0 Å². The van der Waals surface area contributed by atoms with Crippen LogP contribution in [0.2, 0.25) is 0 Å². The summed E-state index contributed by atoms with van der Waals surface area (Å²) in [6.45, 7) is 4.61. The quantitative estimate of drug-likeness (QED) is 0.0264. The number of unbranched alkanes of at least 4 members (excludes halogenated alkanes) is 20. The normalized spacial score (nSPS) is 13.3. The summed E-state index contributed by atoms with van der Waals surface area (Å²) in [7, 11) is 5.40. The second-order valence-corrected chi connectivity index (χ2v) is 16.3. The monoisotopic (exact) mass is 776 g/mol. The maximum Gasteiger partial charge on any atom is 0.306 e. The van der Waals surface area contributed by atoms with Crippen LogP contribution in [0.15, 0.2) is 36.5 Å². The Balaban J connectivity index is 4.36. The van der Waals surface area contributed by atoms with E-state index >= 15 is 0 Å². The van der Waals surface area contributed by atoms with Crippen LogP contribution in [0.1, 0.15) is 194 Å². The van der Waals surface area contributed by atoms with Crippen LogP contribution in [0.4, 0.5) is 0 Å². The SMILES string of the molecule is CCCCC/C=C/C/C=C/CCCCCCCCCC(=O)OCC(COCCC(C(=O)[O-])[N+](C)(C)C)OC(=O)CCCCC/C=C/CCCCCCCCC. The molecular weight excluding hydrogens is 691 g/mol. The molecule has 2 atom stereocenters. The number of allylic oxidation sites excluding steroid dienone is 6. The van der Waals surface area contributed by atoms with Gasteiger partial charge in [-0.2, -0.15) is 0 Å². The first-order valence-electron chi connectivity index (χ1n) is 22.5. The van der Waals surface area contributed by atoms with Crippen molar-refractivity contribution in [3.63, 3.8) is 0 Å². The van der Waals surface area contributed by atoms with E-state index in [1.165, 1.54) is 96.3 Å². The van der Waals surface area contributed by atoms with Gasteiger partial charge in [0, 0.05) is 19.3 Å². The number of likely N-dealkylation sites (N-methyl/N-ethyl adjacent to an activating group) is 1. The van der Waals surface area contributed by atoms with Crippen molar-refractivity contribution in [3.05, 3.63) is 36.5 Å². The first kappa shape index (κ1) is 52.6. The molecule has 0 aromatic heterocycles. The van der Waals surface area contributed by atoms with Crippen LogP contribution in [-0.4, -0.2) is 75.5 Å². The zero-order valence-corrected chi connectivity index (χ0v) is 36.3. The number of carbonyl (C=O) groups excluding carboxylic acids is 3. The number of esters is 2. The molecule has 55 heavy (non-hydrogen) atoms. The van der Waals surface area contributed by atoms with Gasteiger partial charge in [0.25, 0.3) is 0 Å². The van der Waals surface area contributed by atoms with E-state index in [1.807, 2.05) is 0 Å². The van der Waals surface area contributed by atoms with Crippen molar-refractivity contribution in [2.24, 2.45) is 0 Å². The van der Waals surface area contributed by atoms with Crippen LogP contribution in [0.5, 0.6) is 0 Å². The fraction of sp³-hybridized carbons (Fsp3) is 0.809. The molecule has 0 aliphatic carbocycles. The van der Waals surface area contributed by atoms with Gasteiger partial charge in [0.05, 0.1) is 40.3 Å². The van der Waals surface area contributed by atoms with Gasteiger partial charge in [0.15, 0.2) is 6.10 Å². The Bertz CT molecular complexity index is 1000. The summed E-state index contributed by atoms with van der Waals surface area (Å²) >= 11 is 0. The van der Waals surface area contributed by atoms with E-state index in [-0.39, 0.29) is 42.7 Å². The molecular formula is C47H85NO7. The van der Waals surface area contributed by atoms with Gasteiger partial charge in [0.2, 0.25) is 0 Å². The first-order valence-corrected chi connectivity index (χ1v) is 22.5. The van der Waals surface area contributed by atoms with Gasteiger partial charge in [-0.05, 0) is 70.6 Å². The molecule has 320 valence electrons. The summed E-state index contributed by atoms with van der Waals surface area (Å²) in [5, 5.41) is 11.6. The highest BCUT2D eigenvalue weighted by molar-refractivity contribution is 5.70. The summed E-state index contributed by atoms with van der Waals surface area (Å²) < 4.78 is 17.1. The van der Waals surface area contributed by atoms with Gasteiger partial charge < -0.3 is 28.6 Å². The summed E-state index contributed by atoms with van der Waals surface area (Å²) in [5.74, 6) is -1.76. The molecule has 8 heteroatoms. The summed E-state index contributed by atoms with van der Waals surface area (Å²) in [6.07, 6.45) is 43.0. The highest BCUT2D eigenvalue weighted by atomic mass is 16.6. The van der Waals surface area contributed by atoms with E-state index in [0.29, 0.717) is 12.8 Å². The van der Waals surface area contributed by atoms with E-state index in [0.717, 1.165) is 64.2 Å². The lowest BCUT2D eigenvalue weighted by molar-refractivity contribution is -0.889. The Morgan fingerprint density at radius 2 is 0.964 bits per heavy atom. The van der Waals surface area contributed by atoms with Crippen LogP contribution in [0.3, 0.4) is 0 Å². The number of hydrogen-bond acceptors (Lipinski definition) is 7. The fourth-order valence-electron chi connectivity index (χ4n) is 6.45. The van der Waals surface area contributed by atoms with Crippen LogP contribution >= 0.6 is 0 Å². The van der Waals surface area contributed by atoms with Gasteiger partial charge >= 0.3 is 11.9 Å². The number of carboxylic acids is 1. The maximum atomic E-state index is 12.7. The van der Waals surface area contributed by atoms with Crippen LogP contribution < -0.4 is 5.11 Å². The van der Waals surface area contributed by atoms with Crippen LogP contribution in [-0.2, 0) is 28.6 Å². The van der Waals surface area contributed by atoms with E-state index in [1.54, 1.807) is 21.1 Å². The maximum absolute atomic E-state index is 12.7. The Hall–Kier alpha value is -2.45. The molecule has 0 aliphatic rings. The molecule has 0 aromatic carbocycles. The molecule has 0 radical (unpaired) electrons. The average molecular weight is 776 g/mol. The smallest absolute Gasteiger partial charge is 0.306 e. The standard InChI is InChI=1S/C47H85NO7/c1-6-8-10-12-14-16-18-20-22-23-24-26-27-29-31-33-35-37-45(49)54-42-43(41-53-40-39-44(47(51)52)48(3,4)5)55-46(50)38-36-34-32-30-28-25-21-19-17-15-13-11-9-7-2/h14,16,20,22,25,28,43-44H,6-13,15,17-19,21,23-24,26-27,29-42H2,1-5H3/b16-14+,22-20+,28-25+. The molecule has 0 saturated heterocycles. The largest absolute Gasteiger partial charge is 0.544 e. The van der Waals surface area contributed by atoms with Crippen molar-refractivity contribution in [3.8, 4) is 0 Å². The van der Waals surface area contributed by atoms with Crippen molar-refractivity contribution >= 4 is 17.9 Å². The molecule has 0 heterocycles. The van der Waals surface area contributed by atoms with E-state index in [4.69, 9.17) is 14.2 Å². The lowest BCUT2D eigenvalue weighted by atomic mass is 10.1. The minimum atomic E-state index is -1.13. The summed E-state index contributed by atoms with van der Waals surface area (Å²) in [5.41, 5.74) is 0. The zero-order chi connectivity index (χ0) is 40.7. The third kappa shape index (κ3) is 36.9. The highest BCUT2D eigenvalue weighted by Gasteiger charge is 2.25. The summed E-state index contributed by atoms with van der Waals surface area (Å²) in [4.78, 5) is 36.8. The summed E-state index contributed by atoms with van der Waals surface area (Å²) in [6, 6.07) is -0.728. The number of carboxylic acid groups (broad SMARTS) is 1. The number of aliphatic carboxylic acids is 1. The predicted molar refractivity (Wildman–Crippen MR) is 227 cm³/mol. The second kappa shape index (κ2) is 38.4. The Kier molecular flexibility index (Phi) is 36.7. The number of hydrogen-bond donors (Lipinski definition) is 0. The Morgan fingerprint density at radius 1 is 0.545 bits per heavy atom. The first-order chi connectivity index (χ1) is 26.6. The molecule has 0 spiro atoms. The number of carbonyl (C=O) groups is 3. The van der Waals surface area contributed by atoms with Crippen molar-refractivity contribution in [1.82, 2.24) is 0 Å². The zero-order valence-electron chi connectivity index (χ0n) is 36.3. The van der Waals surface area contributed by atoms with Crippen LogP contribution in [0.25, 0.3) is 0 Å². The van der Waals surface area contributed by atoms with Crippen molar-refractivity contribution in [1.29, 1.82) is 0 Å². The molecule has 0 rings (SSSR count). The van der Waals surface area contributed by atoms with Gasteiger partial charge in [-0.25, -0.2) is 0 Å². The van der Waals surface area contributed by atoms with Crippen molar-refractivity contribution in [2.45, 2.75) is 206 Å². The second-order valence-electron chi connectivity index (χ2n) is 16.3. The third-order valence-electron chi connectivity index (χ3n) is 10.00. The molecule has 0 aromatic rings. The minimum Gasteiger partial charge on any atom is -0.544 e. The number of quaternary nitrogens is 1. The molecule has 0 saturated carbocycles. The van der Waals surface area contributed by atoms with Crippen LogP contribution in [0, 0.1) is 0 Å². The fourth-order valence-corrected chi connectivity index (χ4v) is 6.45.